The fourth-order valence-corrected chi connectivity index (χ4v) is 4.15. The van der Waals surface area contributed by atoms with Crippen LogP contribution in [0.15, 0.2) is 47.4 Å². The van der Waals surface area contributed by atoms with Crippen LogP contribution in [0.4, 0.5) is 17.1 Å². The molecule has 0 saturated carbocycles. The SMILES string of the molecule is CC(=O)Nc1ccc(S(=O)(=O)N(CC(=O)Cl)c2cc([N+](=O)[O-])ccc2Cl)cc1. The Labute approximate surface area is 170 Å². The molecule has 28 heavy (non-hydrogen) atoms. The van der Waals surface area contributed by atoms with Gasteiger partial charge in [-0.2, -0.15) is 0 Å². The van der Waals surface area contributed by atoms with Crippen molar-refractivity contribution in [3.63, 3.8) is 0 Å². The van der Waals surface area contributed by atoms with Crippen molar-refractivity contribution in [1.82, 2.24) is 0 Å². The van der Waals surface area contributed by atoms with Crippen LogP contribution in [-0.2, 0) is 19.6 Å². The molecule has 0 fully saturated rings. The lowest BCUT2D eigenvalue weighted by molar-refractivity contribution is -0.384. The molecule has 2 rings (SSSR count). The number of nitro benzene ring substituents is 1. The van der Waals surface area contributed by atoms with Crippen molar-refractivity contribution in [3.8, 4) is 0 Å². The Bertz CT molecular complexity index is 1040. The van der Waals surface area contributed by atoms with Gasteiger partial charge in [-0.15, -0.1) is 0 Å². The highest BCUT2D eigenvalue weighted by Crippen LogP contribution is 2.34. The predicted octanol–water partition coefficient (Wildman–Crippen LogP) is 3.17. The largest absolute Gasteiger partial charge is 0.326 e. The second kappa shape index (κ2) is 8.55. The minimum Gasteiger partial charge on any atom is -0.326 e. The number of non-ortho nitro benzene ring substituents is 1. The minimum absolute atomic E-state index is 0.123. The Kier molecular flexibility index (Phi) is 6.60. The van der Waals surface area contributed by atoms with Gasteiger partial charge < -0.3 is 5.32 Å². The number of carbonyl (C=O) groups is 2. The Morgan fingerprint density at radius 1 is 1.18 bits per heavy atom. The number of hydrogen-bond donors (Lipinski definition) is 1. The van der Waals surface area contributed by atoms with Gasteiger partial charge in [0.05, 0.1) is 20.5 Å². The number of rotatable bonds is 7. The van der Waals surface area contributed by atoms with Crippen LogP contribution in [0.1, 0.15) is 6.92 Å². The molecule has 0 atom stereocenters. The van der Waals surface area contributed by atoms with E-state index < -0.39 is 32.4 Å². The van der Waals surface area contributed by atoms with Gasteiger partial charge >= 0.3 is 0 Å². The van der Waals surface area contributed by atoms with Gasteiger partial charge in [0, 0.05) is 24.7 Å². The molecule has 2 aromatic carbocycles. The van der Waals surface area contributed by atoms with E-state index in [1.165, 1.54) is 31.2 Å². The van der Waals surface area contributed by atoms with Crippen LogP contribution >= 0.6 is 23.2 Å². The van der Waals surface area contributed by atoms with Crippen molar-refractivity contribution in [2.45, 2.75) is 11.8 Å². The lowest BCUT2D eigenvalue weighted by Gasteiger charge is -2.23. The predicted molar refractivity (Wildman–Crippen MR) is 104 cm³/mol. The molecule has 0 unspecified atom stereocenters. The van der Waals surface area contributed by atoms with E-state index in [-0.39, 0.29) is 21.5 Å². The summed E-state index contributed by atoms with van der Waals surface area (Å²) in [4.78, 5) is 32.6. The highest BCUT2D eigenvalue weighted by Gasteiger charge is 2.29. The molecule has 0 spiro atoms. The molecular weight excluding hydrogens is 433 g/mol. The molecule has 1 N–H and O–H groups in total. The van der Waals surface area contributed by atoms with Gasteiger partial charge in [-0.25, -0.2) is 8.42 Å². The molecule has 0 aliphatic heterocycles. The minimum atomic E-state index is -4.35. The average Bonchev–Trinajstić information content (AvgIpc) is 2.60. The van der Waals surface area contributed by atoms with Gasteiger partial charge in [0.15, 0.2) is 0 Å². The standard InChI is InChI=1S/C16H13Cl2N3O6S/c1-10(22)19-11-2-5-13(6-3-11)28(26,27)20(9-16(18)23)15-8-12(21(24)25)4-7-14(15)17/h2-8H,9H2,1H3,(H,19,22). The molecule has 0 aliphatic rings. The number of anilines is 2. The summed E-state index contributed by atoms with van der Waals surface area (Å²) in [6.45, 7) is 0.501. The monoisotopic (exact) mass is 445 g/mol. The first-order valence-corrected chi connectivity index (χ1v) is 9.74. The average molecular weight is 446 g/mol. The smallest absolute Gasteiger partial charge is 0.271 e. The van der Waals surface area contributed by atoms with Crippen molar-refractivity contribution in [3.05, 3.63) is 57.6 Å². The molecule has 0 bridgehead atoms. The Morgan fingerprint density at radius 2 is 1.79 bits per heavy atom. The van der Waals surface area contributed by atoms with Crippen molar-refractivity contribution in [2.24, 2.45) is 0 Å². The lowest BCUT2D eigenvalue weighted by atomic mass is 10.3. The molecule has 9 nitrogen and oxygen atoms in total. The number of nitrogens with one attached hydrogen (secondary N) is 1. The third kappa shape index (κ3) is 4.97. The van der Waals surface area contributed by atoms with E-state index in [4.69, 9.17) is 23.2 Å². The Balaban J connectivity index is 2.56. The molecule has 0 aliphatic carbocycles. The first-order valence-electron chi connectivity index (χ1n) is 7.55. The van der Waals surface area contributed by atoms with E-state index in [1.54, 1.807) is 0 Å². The highest BCUT2D eigenvalue weighted by atomic mass is 35.5. The maximum absolute atomic E-state index is 13.0. The van der Waals surface area contributed by atoms with Gasteiger partial charge in [-0.3, -0.25) is 24.0 Å². The summed E-state index contributed by atoms with van der Waals surface area (Å²) in [6, 6.07) is 8.30. The summed E-state index contributed by atoms with van der Waals surface area (Å²) >= 11 is 11.4. The molecule has 0 radical (unpaired) electrons. The lowest BCUT2D eigenvalue weighted by Crippen LogP contribution is -2.34. The quantitative estimate of drug-likeness (QED) is 0.396. The van der Waals surface area contributed by atoms with Crippen molar-refractivity contribution in [2.75, 3.05) is 16.2 Å². The summed E-state index contributed by atoms with van der Waals surface area (Å²) in [6.07, 6.45) is 0. The van der Waals surface area contributed by atoms with E-state index in [2.05, 4.69) is 5.32 Å². The molecule has 0 heterocycles. The van der Waals surface area contributed by atoms with Crippen LogP contribution < -0.4 is 9.62 Å². The van der Waals surface area contributed by atoms with Crippen molar-refractivity contribution in [1.29, 1.82) is 0 Å². The second-order valence-corrected chi connectivity index (χ2v) is 8.16. The van der Waals surface area contributed by atoms with Crippen LogP contribution in [0, 0.1) is 10.1 Å². The van der Waals surface area contributed by atoms with E-state index >= 15 is 0 Å². The number of hydrogen-bond acceptors (Lipinski definition) is 6. The van der Waals surface area contributed by atoms with Crippen LogP contribution in [0.25, 0.3) is 0 Å². The highest BCUT2D eigenvalue weighted by molar-refractivity contribution is 7.92. The van der Waals surface area contributed by atoms with Crippen LogP contribution in [0.3, 0.4) is 0 Å². The first-order chi connectivity index (χ1) is 13.0. The molecule has 0 saturated heterocycles. The number of nitro groups is 1. The van der Waals surface area contributed by atoms with Crippen molar-refractivity contribution < 1.29 is 22.9 Å². The molecule has 0 aromatic heterocycles. The van der Waals surface area contributed by atoms with Crippen LogP contribution in [0.5, 0.6) is 0 Å². The summed E-state index contributed by atoms with van der Waals surface area (Å²) in [5.74, 6) is -0.339. The van der Waals surface area contributed by atoms with E-state index in [0.717, 1.165) is 18.2 Å². The van der Waals surface area contributed by atoms with Gasteiger partial charge in [0.2, 0.25) is 11.1 Å². The van der Waals surface area contributed by atoms with E-state index in [0.29, 0.717) is 9.99 Å². The molecule has 12 heteroatoms. The molecule has 1 amide bonds. The normalized spacial score (nSPS) is 11.0. The molecule has 2 aromatic rings. The molecular formula is C16H13Cl2N3O6S. The Morgan fingerprint density at radius 3 is 2.29 bits per heavy atom. The summed E-state index contributed by atoms with van der Waals surface area (Å²) in [5.41, 5.74) is -0.321. The number of carbonyl (C=O) groups excluding carboxylic acids is 2. The third-order valence-electron chi connectivity index (χ3n) is 3.44. The summed E-state index contributed by atoms with van der Waals surface area (Å²) in [7, 11) is -4.35. The van der Waals surface area contributed by atoms with Gasteiger partial charge in [0.1, 0.15) is 6.54 Å². The maximum Gasteiger partial charge on any atom is 0.271 e. The topological polar surface area (TPSA) is 127 Å². The maximum atomic E-state index is 13.0. The fraction of sp³-hybridized carbons (Fsp3) is 0.125. The van der Waals surface area contributed by atoms with Gasteiger partial charge in [-0.05, 0) is 41.9 Å². The number of nitrogens with zero attached hydrogens (tertiary/aromatic N) is 2. The number of benzene rings is 2. The zero-order chi connectivity index (χ0) is 21.1. The zero-order valence-corrected chi connectivity index (χ0v) is 16.6. The van der Waals surface area contributed by atoms with Crippen molar-refractivity contribution >= 4 is 61.4 Å². The second-order valence-electron chi connectivity index (χ2n) is 5.47. The Hall–Kier alpha value is -2.69. The van der Waals surface area contributed by atoms with Gasteiger partial charge in [0.25, 0.3) is 15.7 Å². The fourth-order valence-electron chi connectivity index (χ4n) is 2.26. The zero-order valence-electron chi connectivity index (χ0n) is 14.3. The third-order valence-corrected chi connectivity index (χ3v) is 5.65. The van der Waals surface area contributed by atoms with E-state index in [1.807, 2.05) is 0 Å². The van der Waals surface area contributed by atoms with Gasteiger partial charge in [-0.1, -0.05) is 11.6 Å². The summed E-state index contributed by atoms with van der Waals surface area (Å²) in [5, 5.41) is 12.4. The van der Waals surface area contributed by atoms with E-state index in [9.17, 15) is 28.1 Å². The van der Waals surface area contributed by atoms with Crippen LogP contribution in [0.2, 0.25) is 5.02 Å². The first kappa shape index (κ1) is 21.6. The summed E-state index contributed by atoms with van der Waals surface area (Å²) < 4.78 is 26.7. The van der Waals surface area contributed by atoms with Crippen LogP contribution in [-0.4, -0.2) is 31.0 Å². The molecule has 148 valence electrons. The number of halogens is 2. The number of amides is 1. The number of sulfonamides is 1.